The van der Waals surface area contributed by atoms with Crippen molar-refractivity contribution in [3.05, 3.63) is 59.1 Å². The number of nitrogens with zero attached hydrogens (tertiary/aromatic N) is 1. The molecule has 1 amide bonds. The molecule has 0 bridgehead atoms. The summed E-state index contributed by atoms with van der Waals surface area (Å²) in [5.74, 6) is -0.979. The molecule has 0 radical (unpaired) electrons. The van der Waals surface area contributed by atoms with Crippen LogP contribution in [0.2, 0.25) is 5.02 Å². The lowest BCUT2D eigenvalue weighted by Gasteiger charge is -2.22. The largest absolute Gasteiger partial charge is 0.573 e. The second-order valence-corrected chi connectivity index (χ2v) is 8.06. The molecule has 0 unspecified atom stereocenters. The van der Waals surface area contributed by atoms with E-state index in [1.165, 1.54) is 24.3 Å². The van der Waals surface area contributed by atoms with Gasteiger partial charge in [0.05, 0.1) is 11.9 Å². The molecule has 0 heterocycles. The van der Waals surface area contributed by atoms with E-state index < -0.39 is 28.8 Å². The van der Waals surface area contributed by atoms with E-state index in [9.17, 15) is 26.4 Å². The number of benzene rings is 2. The normalized spacial score (nSPS) is 11.8. The summed E-state index contributed by atoms with van der Waals surface area (Å²) in [7, 11) is -3.74. The number of nitrogens with one attached hydrogen (secondary N) is 1. The summed E-state index contributed by atoms with van der Waals surface area (Å²) in [6.45, 7) is -0.479. The van der Waals surface area contributed by atoms with Gasteiger partial charge in [0.2, 0.25) is 15.9 Å². The van der Waals surface area contributed by atoms with Gasteiger partial charge in [0.25, 0.3) is 0 Å². The maximum atomic E-state index is 12.2. The quantitative estimate of drug-likeness (QED) is 0.722. The number of hydrogen-bond acceptors (Lipinski definition) is 4. The highest BCUT2D eigenvalue weighted by molar-refractivity contribution is 7.92. The average Bonchev–Trinajstić information content (AvgIpc) is 2.56. The van der Waals surface area contributed by atoms with Gasteiger partial charge < -0.3 is 10.1 Å². The van der Waals surface area contributed by atoms with Gasteiger partial charge in [-0.3, -0.25) is 9.10 Å². The smallest absolute Gasteiger partial charge is 0.406 e. The molecule has 0 spiro atoms. The van der Waals surface area contributed by atoms with Crippen molar-refractivity contribution in [2.24, 2.45) is 0 Å². The summed E-state index contributed by atoms with van der Waals surface area (Å²) in [5, 5.41) is 2.83. The fourth-order valence-electron chi connectivity index (χ4n) is 2.23. The predicted octanol–water partition coefficient (Wildman–Crippen LogP) is 3.32. The van der Waals surface area contributed by atoms with Crippen molar-refractivity contribution in [1.82, 2.24) is 5.32 Å². The monoisotopic (exact) mass is 436 g/mol. The Bertz CT molecular complexity index is 934. The van der Waals surface area contributed by atoms with Crippen molar-refractivity contribution in [2.45, 2.75) is 12.9 Å². The maximum absolute atomic E-state index is 12.2. The minimum atomic E-state index is -4.79. The van der Waals surface area contributed by atoms with E-state index in [2.05, 4.69) is 10.1 Å². The average molecular weight is 437 g/mol. The highest BCUT2D eigenvalue weighted by Crippen LogP contribution is 2.23. The molecule has 0 aliphatic rings. The van der Waals surface area contributed by atoms with Crippen molar-refractivity contribution < 1.29 is 31.1 Å². The molecule has 2 rings (SSSR count). The highest BCUT2D eigenvalue weighted by atomic mass is 35.5. The van der Waals surface area contributed by atoms with Crippen molar-refractivity contribution in [2.75, 3.05) is 17.1 Å². The van der Waals surface area contributed by atoms with E-state index in [1.807, 2.05) is 0 Å². The Labute approximate surface area is 164 Å². The summed E-state index contributed by atoms with van der Waals surface area (Å²) >= 11 is 5.87. The molecule has 28 heavy (non-hydrogen) atoms. The lowest BCUT2D eigenvalue weighted by Crippen LogP contribution is -2.40. The predicted molar refractivity (Wildman–Crippen MR) is 98.6 cm³/mol. The summed E-state index contributed by atoms with van der Waals surface area (Å²) in [6.07, 6.45) is -3.83. The van der Waals surface area contributed by atoms with Gasteiger partial charge in [-0.1, -0.05) is 29.8 Å². The Morgan fingerprint density at radius 2 is 1.82 bits per heavy atom. The Balaban J connectivity index is 2.00. The molecular formula is C17H16ClF3N2O4S. The molecule has 1 N–H and O–H groups in total. The molecule has 0 atom stereocenters. The second kappa shape index (κ2) is 8.70. The summed E-state index contributed by atoms with van der Waals surface area (Å²) in [5.41, 5.74) is 0.746. The molecule has 2 aromatic carbocycles. The van der Waals surface area contributed by atoms with E-state index in [0.29, 0.717) is 10.6 Å². The fraction of sp³-hybridized carbons (Fsp3) is 0.235. The van der Waals surface area contributed by atoms with Crippen LogP contribution < -0.4 is 14.4 Å². The van der Waals surface area contributed by atoms with Crippen LogP contribution in [0.3, 0.4) is 0 Å². The minimum absolute atomic E-state index is 0.00171. The maximum Gasteiger partial charge on any atom is 0.573 e. The number of amides is 1. The van der Waals surface area contributed by atoms with Crippen LogP contribution >= 0.6 is 11.6 Å². The number of alkyl halides is 3. The van der Waals surface area contributed by atoms with Gasteiger partial charge in [-0.05, 0) is 35.9 Å². The van der Waals surface area contributed by atoms with E-state index in [-0.39, 0.29) is 18.0 Å². The number of sulfonamides is 1. The van der Waals surface area contributed by atoms with Gasteiger partial charge in [-0.15, -0.1) is 13.2 Å². The van der Waals surface area contributed by atoms with Crippen LogP contribution in [-0.4, -0.2) is 33.5 Å². The number of ether oxygens (including phenoxy) is 1. The minimum Gasteiger partial charge on any atom is -0.406 e. The Morgan fingerprint density at radius 1 is 1.18 bits per heavy atom. The van der Waals surface area contributed by atoms with Crippen LogP contribution in [0, 0.1) is 0 Å². The number of anilines is 1. The molecule has 0 aliphatic heterocycles. The van der Waals surface area contributed by atoms with Crippen molar-refractivity contribution in [3.8, 4) is 5.75 Å². The third-order valence-corrected chi connectivity index (χ3v) is 4.81. The van der Waals surface area contributed by atoms with Crippen LogP contribution in [0.5, 0.6) is 5.75 Å². The van der Waals surface area contributed by atoms with Crippen molar-refractivity contribution in [3.63, 3.8) is 0 Å². The fourth-order valence-corrected chi connectivity index (χ4v) is 3.26. The highest BCUT2D eigenvalue weighted by Gasteiger charge is 2.31. The van der Waals surface area contributed by atoms with Gasteiger partial charge in [0.15, 0.2) is 0 Å². The lowest BCUT2D eigenvalue weighted by molar-refractivity contribution is -0.274. The third-order valence-electron chi connectivity index (χ3n) is 3.43. The Morgan fingerprint density at radius 3 is 2.36 bits per heavy atom. The SMILES string of the molecule is CS(=O)(=O)N(CC(=O)NCc1ccc(OC(F)(F)F)cc1)c1cccc(Cl)c1. The molecule has 2 aromatic rings. The van der Waals surface area contributed by atoms with Crippen LogP contribution in [0.1, 0.15) is 5.56 Å². The standard InChI is InChI=1S/C17H16ClF3N2O4S/c1-28(25,26)23(14-4-2-3-13(18)9-14)11-16(24)22-10-12-5-7-15(8-6-12)27-17(19,20)21/h2-9H,10-11H2,1H3,(H,22,24). The second-order valence-electron chi connectivity index (χ2n) is 5.72. The zero-order valence-electron chi connectivity index (χ0n) is 14.5. The van der Waals surface area contributed by atoms with Crippen molar-refractivity contribution >= 4 is 33.2 Å². The summed E-state index contributed by atoms with van der Waals surface area (Å²) in [6, 6.07) is 11.0. The van der Waals surface area contributed by atoms with Gasteiger partial charge >= 0.3 is 6.36 Å². The number of rotatable bonds is 7. The molecule has 6 nitrogen and oxygen atoms in total. The van der Waals surface area contributed by atoms with Crippen molar-refractivity contribution in [1.29, 1.82) is 0 Å². The first-order valence-corrected chi connectivity index (χ1v) is 10.0. The first-order chi connectivity index (χ1) is 12.9. The summed E-state index contributed by atoms with van der Waals surface area (Å²) < 4.78 is 65.1. The van der Waals surface area contributed by atoms with E-state index >= 15 is 0 Å². The molecule has 0 aromatic heterocycles. The van der Waals surface area contributed by atoms with E-state index in [0.717, 1.165) is 22.7 Å². The molecule has 0 saturated heterocycles. The number of halogens is 4. The Kier molecular flexibility index (Phi) is 6.78. The van der Waals surface area contributed by atoms with Gasteiger partial charge in [0.1, 0.15) is 12.3 Å². The van der Waals surface area contributed by atoms with Gasteiger partial charge in [0, 0.05) is 11.6 Å². The number of carbonyl (C=O) groups is 1. The topological polar surface area (TPSA) is 75.7 Å². The van der Waals surface area contributed by atoms with E-state index in [4.69, 9.17) is 11.6 Å². The van der Waals surface area contributed by atoms with Crippen LogP contribution in [0.25, 0.3) is 0 Å². The first-order valence-electron chi connectivity index (χ1n) is 7.79. The van der Waals surface area contributed by atoms with Crippen LogP contribution in [-0.2, 0) is 21.4 Å². The van der Waals surface area contributed by atoms with Crippen LogP contribution in [0.4, 0.5) is 18.9 Å². The summed E-state index contributed by atoms with van der Waals surface area (Å²) in [4.78, 5) is 12.2. The molecular weight excluding hydrogens is 421 g/mol. The number of carbonyl (C=O) groups excluding carboxylic acids is 1. The zero-order chi connectivity index (χ0) is 20.9. The first kappa shape index (κ1) is 21.8. The number of hydrogen-bond donors (Lipinski definition) is 1. The third kappa shape index (κ3) is 6.93. The molecule has 11 heteroatoms. The molecule has 0 aliphatic carbocycles. The van der Waals surface area contributed by atoms with E-state index in [1.54, 1.807) is 12.1 Å². The van der Waals surface area contributed by atoms with Crippen LogP contribution in [0.15, 0.2) is 48.5 Å². The Hall–Kier alpha value is -2.46. The lowest BCUT2D eigenvalue weighted by atomic mass is 10.2. The molecule has 0 fully saturated rings. The molecule has 0 saturated carbocycles. The van der Waals surface area contributed by atoms with Gasteiger partial charge in [-0.25, -0.2) is 8.42 Å². The van der Waals surface area contributed by atoms with Gasteiger partial charge in [-0.2, -0.15) is 0 Å². The molecule has 152 valence electrons. The zero-order valence-corrected chi connectivity index (χ0v) is 16.1.